The summed E-state index contributed by atoms with van der Waals surface area (Å²) in [5.74, 6) is -0.293. The van der Waals surface area contributed by atoms with E-state index in [1.54, 1.807) is 0 Å². The van der Waals surface area contributed by atoms with Crippen LogP contribution in [0.4, 0.5) is 0 Å². The Morgan fingerprint density at radius 3 is 1.85 bits per heavy atom. The van der Waals surface area contributed by atoms with Gasteiger partial charge in [0.15, 0.2) is 18.9 Å². The first kappa shape index (κ1) is 50.2. The van der Waals surface area contributed by atoms with Gasteiger partial charge >= 0.3 is 0 Å². The van der Waals surface area contributed by atoms with Crippen LogP contribution in [0.15, 0.2) is 0 Å². The Morgan fingerprint density at radius 2 is 1.21 bits per heavy atom. The SMILES string of the molecule is CC(C)(O[C@@H]1O[C@H](CO)[C@@H](O)[C@@H](O)[C@H]1O)C1CC[C@](C)(C2[C@@H](O)C[C@@]3(C)C4C[C@H](O)C5C(C)(C)C(O[C@@H]6OC[C@@H](O)[C@@H](O)[C@H]6O[C@@H]6O[C@H](CO)[C@@H](O)[C@@H](O)[C@H]6O)CCC56CC46CC[C@@]23C)O1. The zero-order valence-corrected chi connectivity index (χ0v) is 39.3. The van der Waals surface area contributed by atoms with Gasteiger partial charge < -0.3 is 94.4 Å². The molecule has 2 spiro atoms. The first-order chi connectivity index (χ1) is 30.8. The van der Waals surface area contributed by atoms with Crippen LogP contribution in [0.2, 0.25) is 0 Å². The summed E-state index contributed by atoms with van der Waals surface area (Å²) in [6.07, 6.45) is -16.5. The highest BCUT2D eigenvalue weighted by atomic mass is 16.8. The van der Waals surface area contributed by atoms with Gasteiger partial charge in [0, 0.05) is 5.92 Å². The third-order valence-electron chi connectivity index (χ3n) is 19.9. The van der Waals surface area contributed by atoms with Crippen LogP contribution in [0, 0.1) is 44.8 Å². The third-order valence-corrected chi connectivity index (χ3v) is 19.9. The van der Waals surface area contributed by atoms with Crippen molar-refractivity contribution < 1.29 is 94.4 Å². The van der Waals surface area contributed by atoms with E-state index in [1.165, 1.54) is 0 Å². The minimum atomic E-state index is -1.75. The lowest BCUT2D eigenvalue weighted by atomic mass is 9.41. The quantitative estimate of drug-likeness (QED) is 0.112. The van der Waals surface area contributed by atoms with Crippen LogP contribution in [0.25, 0.3) is 0 Å². The lowest BCUT2D eigenvalue weighted by molar-refractivity contribution is -0.366. The summed E-state index contributed by atoms with van der Waals surface area (Å²) in [5, 5.41) is 129. The molecule has 12 N–H and O–H groups in total. The van der Waals surface area contributed by atoms with Gasteiger partial charge in [0.25, 0.3) is 0 Å². The van der Waals surface area contributed by atoms with E-state index in [9.17, 15) is 61.3 Å². The van der Waals surface area contributed by atoms with Crippen molar-refractivity contribution in [3.63, 3.8) is 0 Å². The molecular weight excluding hydrogens is 868 g/mol. The summed E-state index contributed by atoms with van der Waals surface area (Å²) in [5.41, 5.74) is -3.37. The molecule has 9 aliphatic rings. The van der Waals surface area contributed by atoms with Gasteiger partial charge in [-0.25, -0.2) is 0 Å². The zero-order valence-electron chi connectivity index (χ0n) is 39.3. The van der Waals surface area contributed by atoms with Crippen molar-refractivity contribution >= 4 is 0 Å². The fourth-order valence-corrected chi connectivity index (χ4v) is 16.4. The molecule has 19 nitrogen and oxygen atoms in total. The second-order valence-corrected chi connectivity index (χ2v) is 23.8. The summed E-state index contributed by atoms with van der Waals surface area (Å²) >= 11 is 0. The van der Waals surface area contributed by atoms with Crippen molar-refractivity contribution in [1.82, 2.24) is 0 Å². The number of ether oxygens (including phenoxy) is 7. The van der Waals surface area contributed by atoms with Crippen LogP contribution >= 0.6 is 0 Å². The average molecular weight is 947 g/mol. The molecule has 0 bridgehead atoms. The van der Waals surface area contributed by atoms with Crippen LogP contribution in [0.1, 0.15) is 106 Å². The van der Waals surface area contributed by atoms with E-state index in [4.69, 9.17) is 33.2 Å². The number of aliphatic hydroxyl groups is 12. The van der Waals surface area contributed by atoms with Gasteiger partial charge in [0.1, 0.15) is 67.1 Å². The summed E-state index contributed by atoms with van der Waals surface area (Å²) in [6.45, 7) is 13.0. The molecule has 0 radical (unpaired) electrons. The summed E-state index contributed by atoms with van der Waals surface area (Å²) < 4.78 is 43.2. The first-order valence-corrected chi connectivity index (χ1v) is 24.4. The van der Waals surface area contributed by atoms with Crippen LogP contribution < -0.4 is 0 Å². The van der Waals surface area contributed by atoms with Crippen molar-refractivity contribution in [2.45, 2.75) is 228 Å². The Bertz CT molecular complexity index is 1770. The van der Waals surface area contributed by atoms with E-state index in [0.29, 0.717) is 32.1 Å². The number of aliphatic hydroxyl groups excluding tert-OH is 12. The molecule has 9 rings (SSSR count). The predicted molar refractivity (Wildman–Crippen MR) is 226 cm³/mol. The third kappa shape index (κ3) is 7.22. The number of rotatable bonds is 10. The highest BCUT2D eigenvalue weighted by Crippen LogP contribution is 2.89. The first-order valence-electron chi connectivity index (χ1n) is 24.4. The molecule has 9 fully saturated rings. The lowest BCUT2D eigenvalue weighted by Crippen LogP contribution is -2.64. The Morgan fingerprint density at radius 1 is 0.591 bits per heavy atom. The zero-order chi connectivity index (χ0) is 48.1. The van der Waals surface area contributed by atoms with Crippen molar-refractivity contribution in [3.05, 3.63) is 0 Å². The second-order valence-electron chi connectivity index (χ2n) is 23.8. The predicted octanol–water partition coefficient (Wildman–Crippen LogP) is -1.45. The van der Waals surface area contributed by atoms with E-state index in [1.807, 2.05) is 13.8 Å². The maximum Gasteiger partial charge on any atom is 0.187 e. The molecule has 26 atom stereocenters. The minimum Gasteiger partial charge on any atom is -0.394 e. The maximum atomic E-state index is 12.5. The van der Waals surface area contributed by atoms with E-state index in [0.717, 1.165) is 25.7 Å². The standard InChI is InChI=1S/C47H78O19/c1-41(2)26(63-40-35(28(53)22(52)18-60-40)64-38-33(58)31(56)29(54)23(16-48)61-38)9-11-47-19-46(47)13-12-43(5)37(21(51)15-44(43,6)25(46)14-20(50)36(41)47)45(7)10-8-27(65-45)42(3,4)66-39-34(59)32(57)30(55)24(17-49)62-39/h20-40,48-59H,8-19H2,1-7H3/t20-,21-,22+,23+,24+,25?,26?,27?,28+,29+,30+,31+,32+,33+,34+,35+,36?,37?,38-,39-,40-,43-,44-,45+,46?,47?/m0/s1. The molecule has 380 valence electrons. The van der Waals surface area contributed by atoms with Crippen LogP contribution in [-0.4, -0.2) is 203 Å². The van der Waals surface area contributed by atoms with Gasteiger partial charge in [-0.05, 0) is 117 Å². The van der Waals surface area contributed by atoms with Gasteiger partial charge in [-0.3, -0.25) is 0 Å². The van der Waals surface area contributed by atoms with Crippen molar-refractivity contribution in [1.29, 1.82) is 0 Å². The number of fused-ring (bicyclic) bond motifs is 2. The van der Waals surface area contributed by atoms with E-state index >= 15 is 0 Å². The molecule has 0 aromatic heterocycles. The van der Waals surface area contributed by atoms with Crippen LogP contribution in [-0.2, 0) is 33.2 Å². The molecule has 4 saturated heterocycles. The molecule has 5 aliphatic carbocycles. The van der Waals surface area contributed by atoms with E-state index < -0.39 is 140 Å². The number of hydrogen-bond donors (Lipinski definition) is 12. The smallest absolute Gasteiger partial charge is 0.187 e. The molecule has 5 saturated carbocycles. The number of hydrogen-bond acceptors (Lipinski definition) is 19. The molecule has 19 heteroatoms. The van der Waals surface area contributed by atoms with Crippen LogP contribution in [0.3, 0.4) is 0 Å². The maximum absolute atomic E-state index is 12.5. The molecule has 7 unspecified atom stereocenters. The second kappa shape index (κ2) is 16.9. The van der Waals surface area contributed by atoms with E-state index in [2.05, 4.69) is 34.6 Å². The Balaban J connectivity index is 0.907. The average Bonchev–Trinajstić information content (AvgIpc) is 3.61. The molecular formula is C47H78O19. The van der Waals surface area contributed by atoms with E-state index in [-0.39, 0.29) is 46.0 Å². The van der Waals surface area contributed by atoms with Gasteiger partial charge in [-0.15, -0.1) is 0 Å². The molecule has 0 amide bonds. The summed E-state index contributed by atoms with van der Waals surface area (Å²) in [7, 11) is 0. The van der Waals surface area contributed by atoms with Gasteiger partial charge in [-0.1, -0.05) is 27.7 Å². The highest BCUT2D eigenvalue weighted by molar-refractivity contribution is 5.33. The Labute approximate surface area is 386 Å². The highest BCUT2D eigenvalue weighted by Gasteiger charge is 2.85. The lowest BCUT2D eigenvalue weighted by Gasteiger charge is -2.64. The Kier molecular flexibility index (Phi) is 12.9. The summed E-state index contributed by atoms with van der Waals surface area (Å²) in [4.78, 5) is 0. The van der Waals surface area contributed by atoms with Gasteiger partial charge in [0.05, 0.1) is 55.4 Å². The normalized spacial score (nSPS) is 58.0. The fraction of sp³-hybridized carbons (Fsp3) is 1.00. The van der Waals surface area contributed by atoms with Gasteiger partial charge in [0.2, 0.25) is 0 Å². The van der Waals surface area contributed by atoms with Crippen LogP contribution in [0.5, 0.6) is 0 Å². The molecule has 4 heterocycles. The van der Waals surface area contributed by atoms with Crippen molar-refractivity contribution in [2.24, 2.45) is 44.8 Å². The fourth-order valence-electron chi connectivity index (χ4n) is 16.4. The molecule has 0 aromatic rings. The molecule has 0 aromatic carbocycles. The van der Waals surface area contributed by atoms with Crippen molar-refractivity contribution in [2.75, 3.05) is 19.8 Å². The van der Waals surface area contributed by atoms with Crippen molar-refractivity contribution in [3.8, 4) is 0 Å². The minimum absolute atomic E-state index is 0.0698. The monoisotopic (exact) mass is 947 g/mol. The topological polar surface area (TPSA) is 307 Å². The Hall–Kier alpha value is -0.760. The largest absolute Gasteiger partial charge is 0.394 e. The molecule has 66 heavy (non-hydrogen) atoms. The van der Waals surface area contributed by atoms with Gasteiger partial charge in [-0.2, -0.15) is 0 Å². The summed E-state index contributed by atoms with van der Waals surface area (Å²) in [6, 6.07) is 0. The molecule has 4 aliphatic heterocycles.